The van der Waals surface area contributed by atoms with E-state index in [4.69, 9.17) is 0 Å². The molecular formula is C14H17NS. The summed E-state index contributed by atoms with van der Waals surface area (Å²) in [5, 5.41) is 4.41. The van der Waals surface area contributed by atoms with E-state index in [9.17, 15) is 0 Å². The molecule has 1 atom stereocenters. The molecule has 1 aliphatic carbocycles. The van der Waals surface area contributed by atoms with E-state index < -0.39 is 0 Å². The lowest BCUT2D eigenvalue weighted by atomic mass is 10.1. The van der Waals surface area contributed by atoms with Crippen molar-refractivity contribution < 1.29 is 0 Å². The molecule has 3 rings (SSSR count). The molecule has 1 aromatic carbocycles. The summed E-state index contributed by atoms with van der Waals surface area (Å²) in [6, 6.07) is 9.50. The van der Waals surface area contributed by atoms with Crippen molar-refractivity contribution in [1.29, 1.82) is 0 Å². The SMILES string of the molecule is C1=CCC(NCC2Cc3ccccc3S2)C1. The van der Waals surface area contributed by atoms with E-state index in [0.29, 0.717) is 6.04 Å². The molecule has 0 fully saturated rings. The van der Waals surface area contributed by atoms with Crippen LogP contribution in [0.3, 0.4) is 0 Å². The van der Waals surface area contributed by atoms with E-state index >= 15 is 0 Å². The zero-order chi connectivity index (χ0) is 10.8. The Morgan fingerprint density at radius 2 is 2.00 bits per heavy atom. The Kier molecular flexibility index (Phi) is 3.02. The van der Waals surface area contributed by atoms with Crippen LogP contribution in [0.1, 0.15) is 18.4 Å². The van der Waals surface area contributed by atoms with E-state index in [-0.39, 0.29) is 0 Å². The molecule has 0 bridgehead atoms. The molecule has 0 saturated heterocycles. The van der Waals surface area contributed by atoms with Crippen LogP contribution < -0.4 is 5.32 Å². The monoisotopic (exact) mass is 231 g/mol. The Labute approximate surface area is 101 Å². The van der Waals surface area contributed by atoms with Gasteiger partial charge in [0.15, 0.2) is 0 Å². The smallest absolute Gasteiger partial charge is 0.0260 e. The molecule has 1 unspecified atom stereocenters. The summed E-state index contributed by atoms with van der Waals surface area (Å²) in [5.74, 6) is 0. The molecule has 84 valence electrons. The fourth-order valence-corrected chi connectivity index (χ4v) is 3.71. The largest absolute Gasteiger partial charge is 0.312 e. The van der Waals surface area contributed by atoms with E-state index in [1.165, 1.54) is 29.7 Å². The Balaban J connectivity index is 1.52. The first kappa shape index (κ1) is 10.4. The quantitative estimate of drug-likeness (QED) is 0.803. The second kappa shape index (κ2) is 4.64. The predicted octanol–water partition coefficient (Wildman–Crippen LogP) is 3.01. The van der Waals surface area contributed by atoms with Gasteiger partial charge in [0, 0.05) is 22.7 Å². The zero-order valence-corrected chi connectivity index (χ0v) is 10.2. The first-order valence-electron chi connectivity index (χ1n) is 6.05. The number of hydrogen-bond donors (Lipinski definition) is 1. The van der Waals surface area contributed by atoms with Gasteiger partial charge in [-0.3, -0.25) is 0 Å². The highest BCUT2D eigenvalue weighted by atomic mass is 32.2. The number of thioether (sulfide) groups is 1. The fraction of sp³-hybridized carbons (Fsp3) is 0.429. The first-order chi connectivity index (χ1) is 7.92. The summed E-state index contributed by atoms with van der Waals surface area (Å²) in [4.78, 5) is 1.49. The van der Waals surface area contributed by atoms with Crippen LogP contribution in [0, 0.1) is 0 Å². The highest BCUT2D eigenvalue weighted by molar-refractivity contribution is 8.00. The third-order valence-corrected chi connectivity index (χ3v) is 4.67. The predicted molar refractivity (Wildman–Crippen MR) is 70.0 cm³/mol. The van der Waals surface area contributed by atoms with Crippen molar-refractivity contribution in [1.82, 2.24) is 5.32 Å². The first-order valence-corrected chi connectivity index (χ1v) is 6.93. The molecule has 1 N–H and O–H groups in total. The maximum atomic E-state index is 3.68. The zero-order valence-electron chi connectivity index (χ0n) is 9.36. The molecule has 0 aromatic heterocycles. The third kappa shape index (κ3) is 2.18. The molecule has 0 saturated carbocycles. The summed E-state index contributed by atoms with van der Waals surface area (Å²) in [5.41, 5.74) is 1.53. The molecule has 0 radical (unpaired) electrons. The van der Waals surface area contributed by atoms with Gasteiger partial charge in [-0.1, -0.05) is 30.4 Å². The molecule has 1 aromatic rings. The van der Waals surface area contributed by atoms with Gasteiger partial charge in [0.1, 0.15) is 0 Å². The number of hydrogen-bond acceptors (Lipinski definition) is 2. The van der Waals surface area contributed by atoms with Crippen molar-refractivity contribution in [3.8, 4) is 0 Å². The number of fused-ring (bicyclic) bond motifs is 1. The van der Waals surface area contributed by atoms with E-state index in [1.807, 2.05) is 11.8 Å². The van der Waals surface area contributed by atoms with Crippen molar-refractivity contribution in [3.05, 3.63) is 42.0 Å². The van der Waals surface area contributed by atoms with E-state index in [2.05, 4.69) is 41.7 Å². The normalized spacial score (nSPS) is 23.9. The minimum atomic E-state index is 0.698. The molecule has 0 spiro atoms. The van der Waals surface area contributed by atoms with Crippen LogP contribution in [0.4, 0.5) is 0 Å². The molecule has 1 heterocycles. The molecule has 1 aliphatic heterocycles. The average Bonchev–Trinajstić information content (AvgIpc) is 2.95. The molecule has 16 heavy (non-hydrogen) atoms. The third-order valence-electron chi connectivity index (χ3n) is 3.36. The summed E-state index contributed by atoms with van der Waals surface area (Å²) in [6.07, 6.45) is 8.23. The van der Waals surface area contributed by atoms with Crippen molar-refractivity contribution in [2.45, 2.75) is 35.4 Å². The van der Waals surface area contributed by atoms with Crippen molar-refractivity contribution in [2.24, 2.45) is 0 Å². The number of benzene rings is 1. The van der Waals surface area contributed by atoms with Gasteiger partial charge in [0.2, 0.25) is 0 Å². The summed E-state index contributed by atoms with van der Waals surface area (Å²) >= 11 is 2.04. The molecular weight excluding hydrogens is 214 g/mol. The van der Waals surface area contributed by atoms with Gasteiger partial charge in [-0.2, -0.15) is 0 Å². The van der Waals surface area contributed by atoms with Crippen LogP contribution in [-0.4, -0.2) is 17.8 Å². The molecule has 2 aliphatic rings. The maximum absolute atomic E-state index is 3.68. The summed E-state index contributed by atoms with van der Waals surface area (Å²) < 4.78 is 0. The standard InChI is InChI=1S/C14H17NS/c1-4-8-14-11(5-1)9-13(16-14)10-15-12-6-2-3-7-12/h1-5,8,12-13,15H,6-7,9-10H2. The molecule has 2 heteroatoms. The van der Waals surface area contributed by atoms with E-state index in [1.54, 1.807) is 0 Å². The number of rotatable bonds is 3. The van der Waals surface area contributed by atoms with Gasteiger partial charge in [0.05, 0.1) is 0 Å². The Bertz CT molecular complexity index is 366. The lowest BCUT2D eigenvalue weighted by Gasteiger charge is -2.15. The van der Waals surface area contributed by atoms with Crippen LogP contribution in [0.25, 0.3) is 0 Å². The van der Waals surface area contributed by atoms with Crippen LogP contribution in [-0.2, 0) is 6.42 Å². The second-order valence-electron chi connectivity index (χ2n) is 4.60. The van der Waals surface area contributed by atoms with Gasteiger partial charge in [-0.25, -0.2) is 0 Å². The minimum absolute atomic E-state index is 0.698. The maximum Gasteiger partial charge on any atom is 0.0260 e. The second-order valence-corrected chi connectivity index (χ2v) is 5.94. The van der Waals surface area contributed by atoms with Gasteiger partial charge >= 0.3 is 0 Å². The number of nitrogens with one attached hydrogen (secondary N) is 1. The topological polar surface area (TPSA) is 12.0 Å². The van der Waals surface area contributed by atoms with Crippen molar-refractivity contribution in [2.75, 3.05) is 6.54 Å². The lowest BCUT2D eigenvalue weighted by Crippen LogP contribution is -2.32. The summed E-state index contributed by atoms with van der Waals surface area (Å²) in [6.45, 7) is 1.14. The van der Waals surface area contributed by atoms with Crippen LogP contribution in [0.15, 0.2) is 41.3 Å². The van der Waals surface area contributed by atoms with Gasteiger partial charge < -0.3 is 5.32 Å². The molecule has 0 amide bonds. The Morgan fingerprint density at radius 3 is 2.81 bits per heavy atom. The average molecular weight is 231 g/mol. The molecule has 1 nitrogen and oxygen atoms in total. The van der Waals surface area contributed by atoms with Crippen molar-refractivity contribution in [3.63, 3.8) is 0 Å². The highest BCUT2D eigenvalue weighted by Gasteiger charge is 2.22. The Morgan fingerprint density at radius 1 is 1.19 bits per heavy atom. The van der Waals surface area contributed by atoms with Gasteiger partial charge in [-0.15, -0.1) is 11.8 Å². The van der Waals surface area contributed by atoms with E-state index in [0.717, 1.165) is 11.8 Å². The lowest BCUT2D eigenvalue weighted by molar-refractivity contribution is 0.534. The van der Waals surface area contributed by atoms with Gasteiger partial charge in [0.25, 0.3) is 0 Å². The van der Waals surface area contributed by atoms with Gasteiger partial charge in [-0.05, 0) is 30.9 Å². The van der Waals surface area contributed by atoms with Crippen molar-refractivity contribution >= 4 is 11.8 Å². The van der Waals surface area contributed by atoms with Crippen LogP contribution in [0.5, 0.6) is 0 Å². The minimum Gasteiger partial charge on any atom is -0.312 e. The van der Waals surface area contributed by atoms with Crippen LogP contribution >= 0.6 is 11.8 Å². The summed E-state index contributed by atoms with van der Waals surface area (Å²) in [7, 11) is 0. The fourth-order valence-electron chi connectivity index (χ4n) is 2.45. The highest BCUT2D eigenvalue weighted by Crippen LogP contribution is 2.36. The van der Waals surface area contributed by atoms with Crippen LogP contribution in [0.2, 0.25) is 0 Å². The Hall–Kier alpha value is -0.730.